The van der Waals surface area contributed by atoms with Crippen molar-refractivity contribution >= 4 is 0 Å². The lowest BCUT2D eigenvalue weighted by Crippen LogP contribution is -2.30. The highest BCUT2D eigenvalue weighted by molar-refractivity contribution is 5.26. The first-order chi connectivity index (χ1) is 7.27. The van der Waals surface area contributed by atoms with Crippen molar-refractivity contribution in [3.8, 4) is 0 Å². The first kappa shape index (κ1) is 10.6. The number of aryl methyl sites for hydroxylation is 1. The van der Waals surface area contributed by atoms with E-state index in [1.807, 2.05) is 12.1 Å². The van der Waals surface area contributed by atoms with E-state index in [-0.39, 0.29) is 0 Å². The molecule has 2 N–H and O–H groups in total. The summed E-state index contributed by atoms with van der Waals surface area (Å²) in [5.41, 5.74) is 7.89. The molecule has 3 nitrogen and oxygen atoms in total. The van der Waals surface area contributed by atoms with E-state index in [1.165, 1.54) is 5.56 Å². The Morgan fingerprint density at radius 2 is 2.07 bits per heavy atom. The summed E-state index contributed by atoms with van der Waals surface area (Å²) in [6.45, 7) is 3.92. The van der Waals surface area contributed by atoms with Crippen LogP contribution in [-0.4, -0.2) is 19.8 Å². The number of nitrogens with two attached hydrogens (primary N) is 1. The minimum Gasteiger partial charge on any atom is -0.343 e. The average Bonchev–Trinajstić information content (AvgIpc) is 2.68. The topological polar surface area (TPSA) is 44.5 Å². The second-order valence-electron chi connectivity index (χ2n) is 3.86. The summed E-state index contributed by atoms with van der Waals surface area (Å²) in [6, 6.07) is 8.22. The van der Waals surface area contributed by atoms with Gasteiger partial charge in [0.25, 0.3) is 0 Å². The Hall–Kier alpha value is -0.900. The highest BCUT2D eigenvalue weighted by Gasteiger charge is 2.37. The molecule has 0 radical (unpaired) electrons. The Morgan fingerprint density at radius 1 is 1.33 bits per heavy atom. The molecule has 3 heteroatoms. The van der Waals surface area contributed by atoms with Gasteiger partial charge < -0.3 is 15.2 Å². The zero-order chi connectivity index (χ0) is 10.7. The van der Waals surface area contributed by atoms with E-state index in [4.69, 9.17) is 15.2 Å². The van der Waals surface area contributed by atoms with Gasteiger partial charge in [0.05, 0.1) is 13.2 Å². The highest BCUT2D eigenvalue weighted by atomic mass is 16.7. The van der Waals surface area contributed by atoms with Crippen LogP contribution in [0.5, 0.6) is 0 Å². The van der Waals surface area contributed by atoms with Crippen molar-refractivity contribution in [2.45, 2.75) is 19.1 Å². The summed E-state index contributed by atoms with van der Waals surface area (Å²) >= 11 is 0. The van der Waals surface area contributed by atoms with E-state index < -0.39 is 5.79 Å². The molecule has 1 fully saturated rings. The van der Waals surface area contributed by atoms with Gasteiger partial charge >= 0.3 is 0 Å². The number of hydrogen-bond donors (Lipinski definition) is 1. The van der Waals surface area contributed by atoms with Gasteiger partial charge in [-0.25, -0.2) is 0 Å². The van der Waals surface area contributed by atoms with Crippen molar-refractivity contribution in [2.24, 2.45) is 5.73 Å². The molecule has 0 amide bonds. The van der Waals surface area contributed by atoms with Gasteiger partial charge in [0, 0.05) is 12.0 Å². The van der Waals surface area contributed by atoms with Crippen molar-refractivity contribution in [2.75, 3.05) is 19.8 Å². The zero-order valence-electron chi connectivity index (χ0n) is 9.03. The molecule has 0 unspecified atom stereocenters. The van der Waals surface area contributed by atoms with E-state index in [1.54, 1.807) is 0 Å². The summed E-state index contributed by atoms with van der Waals surface area (Å²) in [7, 11) is 0. The fourth-order valence-corrected chi connectivity index (χ4v) is 1.98. The molecule has 0 spiro atoms. The second kappa shape index (κ2) is 4.31. The maximum atomic E-state index is 5.72. The van der Waals surface area contributed by atoms with Gasteiger partial charge in [-0.3, -0.25) is 0 Å². The largest absolute Gasteiger partial charge is 0.343 e. The monoisotopic (exact) mass is 207 g/mol. The van der Waals surface area contributed by atoms with Gasteiger partial charge in [0.2, 0.25) is 0 Å². The molecular weight excluding hydrogens is 190 g/mol. The summed E-state index contributed by atoms with van der Waals surface area (Å²) < 4.78 is 11.4. The molecule has 0 aromatic heterocycles. The number of benzene rings is 1. The van der Waals surface area contributed by atoms with Gasteiger partial charge in [-0.1, -0.05) is 29.8 Å². The fourth-order valence-electron chi connectivity index (χ4n) is 1.98. The average molecular weight is 207 g/mol. The van der Waals surface area contributed by atoms with E-state index >= 15 is 0 Å². The van der Waals surface area contributed by atoms with Crippen LogP contribution < -0.4 is 5.73 Å². The standard InChI is InChI=1S/C12H17NO2/c1-10-3-2-4-11(9-10)12(5-6-13)14-7-8-15-12/h2-4,9H,5-8,13H2,1H3. The summed E-state index contributed by atoms with van der Waals surface area (Å²) in [5.74, 6) is -0.596. The Bertz CT molecular complexity index is 332. The Morgan fingerprint density at radius 3 is 2.67 bits per heavy atom. The van der Waals surface area contributed by atoms with Crippen LogP contribution in [0.4, 0.5) is 0 Å². The molecule has 0 aliphatic carbocycles. The Balaban J connectivity index is 2.31. The van der Waals surface area contributed by atoms with Crippen molar-refractivity contribution in [3.63, 3.8) is 0 Å². The van der Waals surface area contributed by atoms with Crippen LogP contribution in [0.15, 0.2) is 24.3 Å². The van der Waals surface area contributed by atoms with Gasteiger partial charge in [-0.05, 0) is 13.5 Å². The summed E-state index contributed by atoms with van der Waals surface area (Å²) in [6.07, 6.45) is 0.705. The van der Waals surface area contributed by atoms with E-state index in [2.05, 4.69) is 19.1 Å². The molecule has 1 saturated heterocycles. The van der Waals surface area contributed by atoms with Gasteiger partial charge in [0.1, 0.15) is 0 Å². The van der Waals surface area contributed by atoms with Gasteiger partial charge in [-0.2, -0.15) is 0 Å². The molecule has 0 saturated carbocycles. The van der Waals surface area contributed by atoms with Crippen LogP contribution in [-0.2, 0) is 15.3 Å². The predicted molar refractivity (Wildman–Crippen MR) is 58.4 cm³/mol. The zero-order valence-corrected chi connectivity index (χ0v) is 9.03. The minimum absolute atomic E-state index is 0.563. The highest BCUT2D eigenvalue weighted by Crippen LogP contribution is 2.34. The lowest BCUT2D eigenvalue weighted by atomic mass is 10.0. The van der Waals surface area contributed by atoms with E-state index in [0.29, 0.717) is 26.2 Å². The van der Waals surface area contributed by atoms with Crippen LogP contribution >= 0.6 is 0 Å². The third kappa shape index (κ3) is 2.04. The van der Waals surface area contributed by atoms with E-state index in [0.717, 1.165) is 5.56 Å². The molecule has 1 aliphatic rings. The lowest BCUT2D eigenvalue weighted by molar-refractivity contribution is -0.168. The van der Waals surface area contributed by atoms with Gasteiger partial charge in [-0.15, -0.1) is 0 Å². The van der Waals surface area contributed by atoms with Crippen molar-refractivity contribution in [3.05, 3.63) is 35.4 Å². The number of ether oxygens (including phenoxy) is 2. The van der Waals surface area contributed by atoms with Crippen LogP contribution in [0.3, 0.4) is 0 Å². The Labute approximate surface area is 90.2 Å². The predicted octanol–water partition coefficient (Wildman–Crippen LogP) is 1.54. The van der Waals surface area contributed by atoms with Crippen molar-refractivity contribution in [1.82, 2.24) is 0 Å². The molecule has 15 heavy (non-hydrogen) atoms. The number of rotatable bonds is 3. The van der Waals surface area contributed by atoms with Crippen LogP contribution in [0.2, 0.25) is 0 Å². The minimum atomic E-state index is -0.596. The molecule has 2 rings (SSSR count). The molecule has 1 aliphatic heterocycles. The molecule has 1 aromatic carbocycles. The maximum absolute atomic E-state index is 5.72. The summed E-state index contributed by atoms with van der Waals surface area (Å²) in [4.78, 5) is 0. The molecule has 82 valence electrons. The van der Waals surface area contributed by atoms with Crippen molar-refractivity contribution in [1.29, 1.82) is 0 Å². The maximum Gasteiger partial charge on any atom is 0.196 e. The Kier molecular flexibility index (Phi) is 3.05. The first-order valence-electron chi connectivity index (χ1n) is 5.32. The SMILES string of the molecule is Cc1cccc(C2(CCN)OCCO2)c1. The fraction of sp³-hybridized carbons (Fsp3) is 0.500. The second-order valence-corrected chi connectivity index (χ2v) is 3.86. The smallest absolute Gasteiger partial charge is 0.196 e. The van der Waals surface area contributed by atoms with Gasteiger partial charge in [0.15, 0.2) is 5.79 Å². The molecule has 0 bridgehead atoms. The van der Waals surface area contributed by atoms with Crippen LogP contribution in [0.25, 0.3) is 0 Å². The number of hydrogen-bond acceptors (Lipinski definition) is 3. The normalized spacial score (nSPS) is 19.3. The quantitative estimate of drug-likeness (QED) is 0.817. The van der Waals surface area contributed by atoms with Crippen LogP contribution in [0.1, 0.15) is 17.5 Å². The van der Waals surface area contributed by atoms with E-state index in [9.17, 15) is 0 Å². The molecule has 1 heterocycles. The van der Waals surface area contributed by atoms with Crippen molar-refractivity contribution < 1.29 is 9.47 Å². The first-order valence-corrected chi connectivity index (χ1v) is 5.32. The molecule has 1 aromatic rings. The lowest BCUT2D eigenvalue weighted by Gasteiger charge is -2.27. The third-order valence-electron chi connectivity index (χ3n) is 2.69. The van der Waals surface area contributed by atoms with Crippen LogP contribution in [0, 0.1) is 6.92 Å². The summed E-state index contributed by atoms with van der Waals surface area (Å²) in [5, 5.41) is 0. The molecular formula is C12H17NO2. The molecule has 0 atom stereocenters. The third-order valence-corrected chi connectivity index (χ3v) is 2.69.